The van der Waals surface area contributed by atoms with Gasteiger partial charge in [-0.05, 0) is 44.9 Å². The summed E-state index contributed by atoms with van der Waals surface area (Å²) < 4.78 is 10.0. The zero-order chi connectivity index (χ0) is 18.7. The Kier molecular flexibility index (Phi) is 10.6. The Bertz CT molecular complexity index is 464. The van der Waals surface area contributed by atoms with E-state index in [4.69, 9.17) is 21.1 Å². The van der Waals surface area contributed by atoms with E-state index in [1.54, 1.807) is 0 Å². The number of halogens is 1. The van der Waals surface area contributed by atoms with Crippen molar-refractivity contribution < 1.29 is 19.1 Å². The van der Waals surface area contributed by atoms with E-state index in [1.165, 1.54) is 26.0 Å². The highest BCUT2D eigenvalue weighted by Crippen LogP contribution is 2.33. The average Bonchev–Trinajstić information content (AvgIpc) is 2.57. The lowest BCUT2D eigenvalue weighted by atomic mass is 9.92. The van der Waals surface area contributed by atoms with Crippen molar-refractivity contribution in [3.63, 3.8) is 0 Å². The van der Waals surface area contributed by atoms with Gasteiger partial charge in [-0.25, -0.2) is 4.79 Å². The summed E-state index contributed by atoms with van der Waals surface area (Å²) in [4.78, 5) is 22.7. The first kappa shape index (κ1) is 21.8. The summed E-state index contributed by atoms with van der Waals surface area (Å²) in [7, 11) is 1.39. The van der Waals surface area contributed by atoms with E-state index < -0.39 is 0 Å². The van der Waals surface area contributed by atoms with Gasteiger partial charge in [0.15, 0.2) is 0 Å². The molecule has 0 bridgehead atoms. The molecule has 25 heavy (non-hydrogen) atoms. The minimum atomic E-state index is -0.369. The number of esters is 1. The normalized spacial score (nSPS) is 18.6. The molecular formula is C19H32ClNO4. The molecule has 144 valence electrons. The fourth-order valence-electron chi connectivity index (χ4n) is 3.25. The highest BCUT2D eigenvalue weighted by Gasteiger charge is 2.24. The van der Waals surface area contributed by atoms with Gasteiger partial charge in [-0.2, -0.15) is 0 Å². The molecule has 1 N–H and O–H groups in total. The van der Waals surface area contributed by atoms with Crippen molar-refractivity contribution in [2.75, 3.05) is 7.11 Å². The van der Waals surface area contributed by atoms with Gasteiger partial charge in [-0.1, -0.05) is 43.4 Å². The molecule has 1 aliphatic carbocycles. The molecule has 0 aromatic carbocycles. The monoisotopic (exact) mass is 373 g/mol. The van der Waals surface area contributed by atoms with Gasteiger partial charge in [-0.3, -0.25) is 4.79 Å². The number of carbonyl (C=O) groups excluding carboxylic acids is 2. The van der Waals surface area contributed by atoms with E-state index in [0.717, 1.165) is 57.8 Å². The molecule has 1 rings (SSSR count). The van der Waals surface area contributed by atoms with Crippen molar-refractivity contribution in [1.29, 1.82) is 0 Å². The minimum absolute atomic E-state index is 0.131. The second-order valence-electron chi connectivity index (χ2n) is 6.66. The molecule has 5 nitrogen and oxygen atoms in total. The summed E-state index contributed by atoms with van der Waals surface area (Å²) in [6.07, 6.45) is 9.20. The van der Waals surface area contributed by atoms with Crippen molar-refractivity contribution >= 4 is 23.7 Å². The first-order valence-corrected chi connectivity index (χ1v) is 9.74. The van der Waals surface area contributed by atoms with Crippen LogP contribution in [-0.4, -0.2) is 31.3 Å². The molecule has 0 saturated heterocycles. The minimum Gasteiger partial charge on any atom is -0.457 e. The Morgan fingerprint density at radius 1 is 1.28 bits per heavy atom. The van der Waals surface area contributed by atoms with Crippen LogP contribution < -0.4 is 5.32 Å². The molecule has 0 fully saturated rings. The fraction of sp³-hybridized carbons (Fsp3) is 0.789. The Balaban J connectivity index is 2.51. The van der Waals surface area contributed by atoms with Crippen LogP contribution in [-0.2, 0) is 14.3 Å². The molecule has 0 spiro atoms. The van der Waals surface area contributed by atoms with Crippen molar-refractivity contribution in [1.82, 2.24) is 5.32 Å². The average molecular weight is 374 g/mol. The summed E-state index contributed by atoms with van der Waals surface area (Å²) in [6, 6.07) is 0.131. The van der Waals surface area contributed by atoms with Gasteiger partial charge >= 0.3 is 12.1 Å². The third kappa shape index (κ3) is 8.61. The summed E-state index contributed by atoms with van der Waals surface area (Å²) in [6.45, 7) is 3.58. The van der Waals surface area contributed by atoms with Crippen LogP contribution >= 0.6 is 11.6 Å². The van der Waals surface area contributed by atoms with Crippen molar-refractivity contribution in [3.05, 3.63) is 10.6 Å². The molecule has 1 amide bonds. The molecule has 0 aromatic heterocycles. The maximum Gasteiger partial charge on any atom is 0.407 e. The van der Waals surface area contributed by atoms with Gasteiger partial charge in [0.1, 0.15) is 6.10 Å². The third-order valence-electron chi connectivity index (χ3n) is 4.57. The van der Waals surface area contributed by atoms with E-state index >= 15 is 0 Å². The highest BCUT2D eigenvalue weighted by atomic mass is 35.5. The molecule has 0 saturated carbocycles. The first-order valence-electron chi connectivity index (χ1n) is 9.37. The summed E-state index contributed by atoms with van der Waals surface area (Å²) >= 11 is 6.43. The topological polar surface area (TPSA) is 64.6 Å². The number of carbonyl (C=O) groups is 2. The lowest BCUT2D eigenvalue weighted by molar-refractivity contribution is -0.144. The predicted octanol–water partition coefficient (Wildman–Crippen LogP) is 5.07. The zero-order valence-corrected chi connectivity index (χ0v) is 16.5. The Morgan fingerprint density at radius 3 is 2.64 bits per heavy atom. The van der Waals surface area contributed by atoms with Crippen molar-refractivity contribution in [2.45, 2.75) is 90.2 Å². The van der Waals surface area contributed by atoms with Crippen molar-refractivity contribution in [2.24, 2.45) is 0 Å². The number of amides is 1. The largest absolute Gasteiger partial charge is 0.457 e. The molecule has 6 heteroatoms. The van der Waals surface area contributed by atoms with Gasteiger partial charge in [0.2, 0.25) is 0 Å². The number of nitrogens with one attached hydrogen (secondary N) is 1. The van der Waals surface area contributed by atoms with Crippen LogP contribution in [0, 0.1) is 0 Å². The van der Waals surface area contributed by atoms with Crippen LogP contribution in [0.1, 0.15) is 78.1 Å². The van der Waals surface area contributed by atoms with Gasteiger partial charge in [0.05, 0.1) is 12.1 Å². The number of rotatable bonds is 10. The summed E-state index contributed by atoms with van der Waals surface area (Å²) in [5.74, 6) is -0.289. The Hall–Kier alpha value is -1.23. The van der Waals surface area contributed by atoms with Crippen molar-refractivity contribution in [3.8, 4) is 0 Å². The highest BCUT2D eigenvalue weighted by molar-refractivity contribution is 6.30. The number of allylic oxidation sites excluding steroid dienone is 1. The van der Waals surface area contributed by atoms with Gasteiger partial charge in [-0.15, -0.1) is 0 Å². The summed E-state index contributed by atoms with van der Waals surface area (Å²) in [5, 5.41) is 3.63. The lowest BCUT2D eigenvalue weighted by Gasteiger charge is -2.25. The van der Waals surface area contributed by atoms with E-state index in [-0.39, 0.29) is 24.2 Å². The quantitative estimate of drug-likeness (QED) is 0.429. The number of methoxy groups -OCH3 is 1. The summed E-state index contributed by atoms with van der Waals surface area (Å²) in [5.41, 5.74) is 1.18. The SMILES string of the molecule is CCCCCC(CCCC1=C(Cl)C(OC(C)=O)CCC1)NC(=O)OC. The van der Waals surface area contributed by atoms with Crippen LogP contribution in [0.2, 0.25) is 0 Å². The van der Waals surface area contributed by atoms with Gasteiger partial charge in [0, 0.05) is 13.0 Å². The van der Waals surface area contributed by atoms with Crippen LogP contribution in [0.15, 0.2) is 10.6 Å². The number of hydrogen-bond donors (Lipinski definition) is 1. The van der Waals surface area contributed by atoms with E-state index in [0.29, 0.717) is 5.03 Å². The molecule has 2 atom stereocenters. The second kappa shape index (κ2) is 12.2. The molecule has 0 aliphatic heterocycles. The molecule has 0 radical (unpaired) electrons. The maximum absolute atomic E-state index is 11.5. The fourth-order valence-corrected chi connectivity index (χ4v) is 3.59. The first-order chi connectivity index (χ1) is 12.0. The Labute approximate surface area is 156 Å². The Morgan fingerprint density at radius 2 is 2.00 bits per heavy atom. The maximum atomic E-state index is 11.5. The molecule has 0 aromatic rings. The predicted molar refractivity (Wildman–Crippen MR) is 99.6 cm³/mol. The number of ether oxygens (including phenoxy) is 2. The van der Waals surface area contributed by atoms with Crippen LogP contribution in [0.25, 0.3) is 0 Å². The third-order valence-corrected chi connectivity index (χ3v) is 5.08. The zero-order valence-electron chi connectivity index (χ0n) is 15.7. The van der Waals surface area contributed by atoms with E-state index in [2.05, 4.69) is 12.2 Å². The van der Waals surface area contributed by atoms with Gasteiger partial charge in [0.25, 0.3) is 0 Å². The number of hydrogen-bond acceptors (Lipinski definition) is 4. The molecule has 2 unspecified atom stereocenters. The molecule has 0 heterocycles. The van der Waals surface area contributed by atoms with Crippen LogP contribution in [0.5, 0.6) is 0 Å². The van der Waals surface area contributed by atoms with Crippen LogP contribution in [0.3, 0.4) is 0 Å². The smallest absolute Gasteiger partial charge is 0.407 e. The van der Waals surface area contributed by atoms with E-state index in [9.17, 15) is 9.59 Å². The molecule has 1 aliphatic rings. The standard InChI is InChI=1S/C19H32ClNO4/c1-4-5-6-11-16(21-19(23)24-3)12-7-9-15-10-8-13-17(18(15)20)25-14(2)22/h16-17H,4-13H2,1-3H3,(H,21,23). The number of unbranched alkanes of at least 4 members (excludes halogenated alkanes) is 2. The van der Waals surface area contributed by atoms with Crippen LogP contribution in [0.4, 0.5) is 4.79 Å². The lowest BCUT2D eigenvalue weighted by Crippen LogP contribution is -2.34. The molecular weight excluding hydrogens is 342 g/mol. The van der Waals surface area contributed by atoms with E-state index in [1.807, 2.05) is 0 Å². The van der Waals surface area contributed by atoms with Gasteiger partial charge < -0.3 is 14.8 Å². The number of alkyl carbamates (subject to hydrolysis) is 1. The second-order valence-corrected chi connectivity index (χ2v) is 7.07.